The molecule has 4 rings (SSSR count). The molecule has 2 amide bonds. The van der Waals surface area contributed by atoms with Crippen molar-refractivity contribution in [1.29, 1.82) is 0 Å². The van der Waals surface area contributed by atoms with Crippen LogP contribution < -0.4 is 5.73 Å². The van der Waals surface area contributed by atoms with Gasteiger partial charge in [-0.2, -0.15) is 0 Å². The smallest absolute Gasteiger partial charge is 0.254 e. The van der Waals surface area contributed by atoms with Gasteiger partial charge in [-0.3, -0.25) is 9.59 Å². The Morgan fingerprint density at radius 3 is 2.66 bits per heavy atom. The molecule has 0 bridgehead atoms. The Morgan fingerprint density at radius 1 is 1.21 bits per heavy atom. The average Bonchev–Trinajstić information content (AvgIpc) is 3.37. The number of benzene rings is 2. The van der Waals surface area contributed by atoms with Crippen molar-refractivity contribution in [3.8, 4) is 0 Å². The molecule has 4 N–H and O–H groups in total. The zero-order chi connectivity index (χ0) is 20.5. The number of nitrogens with zero attached hydrogens (tertiary/aromatic N) is 2. The molecule has 1 atom stereocenters. The number of aliphatic hydroxyl groups excluding tert-OH is 1. The number of nitrogens with one attached hydrogen (secondary N) is 1. The third-order valence-electron chi connectivity index (χ3n) is 5.02. The van der Waals surface area contributed by atoms with Crippen LogP contribution in [0.1, 0.15) is 38.0 Å². The van der Waals surface area contributed by atoms with E-state index in [1.807, 2.05) is 12.2 Å². The number of hydrogen-bond donors (Lipinski definition) is 3. The predicted octanol–water partition coefficient (Wildman–Crippen LogP) is 2.45. The Hall–Kier alpha value is -3.16. The highest BCUT2D eigenvalue weighted by molar-refractivity contribution is 6.31. The van der Waals surface area contributed by atoms with Gasteiger partial charge in [0.15, 0.2) is 0 Å². The van der Waals surface area contributed by atoms with Gasteiger partial charge < -0.3 is 20.7 Å². The van der Waals surface area contributed by atoms with Crippen LogP contribution >= 0.6 is 11.6 Å². The maximum absolute atomic E-state index is 12.8. The molecule has 1 aliphatic heterocycles. The van der Waals surface area contributed by atoms with Crippen molar-refractivity contribution in [3.63, 3.8) is 0 Å². The highest BCUT2D eigenvalue weighted by Crippen LogP contribution is 2.29. The molecule has 29 heavy (non-hydrogen) atoms. The normalized spacial score (nSPS) is 14.5. The lowest BCUT2D eigenvalue weighted by Crippen LogP contribution is -2.29. The minimum absolute atomic E-state index is 0.152. The molecule has 0 aliphatic carbocycles. The SMILES string of the molecule is NC(=O)c1ccc(C(=O)N2CC=CC2)cc1C(CO)c1nc2ccc(Cl)cc2[nH]1. The van der Waals surface area contributed by atoms with Crippen molar-refractivity contribution >= 4 is 34.4 Å². The van der Waals surface area contributed by atoms with E-state index in [0.29, 0.717) is 46.1 Å². The Labute approximate surface area is 171 Å². The van der Waals surface area contributed by atoms with Crippen molar-refractivity contribution < 1.29 is 14.7 Å². The fourth-order valence-electron chi connectivity index (χ4n) is 3.53. The van der Waals surface area contributed by atoms with E-state index in [1.54, 1.807) is 35.2 Å². The summed E-state index contributed by atoms with van der Waals surface area (Å²) in [6, 6.07) is 9.94. The van der Waals surface area contributed by atoms with E-state index in [4.69, 9.17) is 17.3 Å². The largest absolute Gasteiger partial charge is 0.395 e. The van der Waals surface area contributed by atoms with Crippen LogP contribution in [0.15, 0.2) is 48.6 Å². The Balaban J connectivity index is 1.79. The van der Waals surface area contributed by atoms with Crippen molar-refractivity contribution in [2.24, 2.45) is 5.73 Å². The summed E-state index contributed by atoms with van der Waals surface area (Å²) < 4.78 is 0. The molecule has 148 valence electrons. The molecular formula is C21H19ClN4O3. The van der Waals surface area contributed by atoms with Gasteiger partial charge in [0, 0.05) is 29.2 Å². The summed E-state index contributed by atoms with van der Waals surface area (Å²) in [7, 11) is 0. The topological polar surface area (TPSA) is 112 Å². The minimum Gasteiger partial charge on any atom is -0.395 e. The van der Waals surface area contributed by atoms with Gasteiger partial charge in [0.2, 0.25) is 5.91 Å². The number of aromatic amines is 1. The van der Waals surface area contributed by atoms with Gasteiger partial charge in [-0.15, -0.1) is 0 Å². The minimum atomic E-state index is -0.659. The van der Waals surface area contributed by atoms with E-state index >= 15 is 0 Å². The number of hydrogen-bond acceptors (Lipinski definition) is 4. The van der Waals surface area contributed by atoms with Crippen LogP contribution in [0.25, 0.3) is 11.0 Å². The molecule has 1 aliphatic rings. The molecule has 0 radical (unpaired) electrons. The molecular weight excluding hydrogens is 392 g/mol. The van der Waals surface area contributed by atoms with Gasteiger partial charge in [-0.25, -0.2) is 4.98 Å². The molecule has 0 saturated carbocycles. The average molecular weight is 411 g/mol. The van der Waals surface area contributed by atoms with Crippen molar-refractivity contribution in [3.05, 3.63) is 76.1 Å². The van der Waals surface area contributed by atoms with E-state index in [-0.39, 0.29) is 18.1 Å². The van der Waals surface area contributed by atoms with E-state index in [1.165, 1.54) is 6.07 Å². The van der Waals surface area contributed by atoms with E-state index in [2.05, 4.69) is 9.97 Å². The van der Waals surface area contributed by atoms with Gasteiger partial charge in [0.1, 0.15) is 5.82 Å². The van der Waals surface area contributed by atoms with Crippen LogP contribution in [0, 0.1) is 0 Å². The Kier molecular flexibility index (Phi) is 5.08. The summed E-state index contributed by atoms with van der Waals surface area (Å²) >= 11 is 6.04. The fourth-order valence-corrected chi connectivity index (χ4v) is 3.71. The van der Waals surface area contributed by atoms with E-state index < -0.39 is 11.8 Å². The number of aliphatic hydroxyl groups is 1. The number of primary amides is 1. The molecule has 1 unspecified atom stereocenters. The number of nitrogens with two attached hydrogens (primary N) is 1. The number of carbonyl (C=O) groups is 2. The number of carbonyl (C=O) groups excluding carboxylic acids is 2. The van der Waals surface area contributed by atoms with Gasteiger partial charge >= 0.3 is 0 Å². The lowest BCUT2D eigenvalue weighted by Gasteiger charge is -2.19. The number of aromatic nitrogens is 2. The van der Waals surface area contributed by atoms with Crippen LogP contribution in [0.3, 0.4) is 0 Å². The van der Waals surface area contributed by atoms with Crippen LogP contribution in [-0.2, 0) is 0 Å². The van der Waals surface area contributed by atoms with Crippen LogP contribution in [0.2, 0.25) is 5.02 Å². The zero-order valence-electron chi connectivity index (χ0n) is 15.4. The second-order valence-electron chi connectivity index (χ2n) is 6.87. The summed E-state index contributed by atoms with van der Waals surface area (Å²) in [5.74, 6) is -0.993. The molecule has 7 nitrogen and oxygen atoms in total. The number of amides is 2. The Morgan fingerprint density at radius 2 is 1.97 bits per heavy atom. The summed E-state index contributed by atoms with van der Waals surface area (Å²) in [5, 5.41) is 10.7. The third-order valence-corrected chi connectivity index (χ3v) is 5.25. The summed E-state index contributed by atoms with van der Waals surface area (Å²) in [6.07, 6.45) is 3.85. The van der Waals surface area contributed by atoms with Crippen LogP contribution in [0.4, 0.5) is 0 Å². The zero-order valence-corrected chi connectivity index (χ0v) is 16.2. The molecule has 0 saturated heterocycles. The van der Waals surface area contributed by atoms with Crippen LogP contribution in [-0.4, -0.2) is 51.5 Å². The van der Waals surface area contributed by atoms with Gasteiger partial charge in [-0.1, -0.05) is 23.8 Å². The first-order valence-electron chi connectivity index (χ1n) is 9.12. The highest BCUT2D eigenvalue weighted by Gasteiger charge is 2.25. The standard InChI is InChI=1S/C21H19ClN4O3/c22-13-4-6-17-18(10-13)25-20(24-17)16(11-27)15-9-12(3-5-14(15)19(23)28)21(29)26-7-1-2-8-26/h1-6,9-10,16,27H,7-8,11H2,(H2,23,28)(H,24,25). The lowest BCUT2D eigenvalue weighted by molar-refractivity contribution is 0.0799. The van der Waals surface area contributed by atoms with E-state index in [9.17, 15) is 14.7 Å². The maximum atomic E-state index is 12.8. The highest BCUT2D eigenvalue weighted by atomic mass is 35.5. The van der Waals surface area contributed by atoms with Gasteiger partial charge in [0.05, 0.1) is 23.6 Å². The van der Waals surface area contributed by atoms with E-state index in [0.717, 1.165) is 0 Å². The first-order chi connectivity index (χ1) is 14.0. The second kappa shape index (κ2) is 7.69. The summed E-state index contributed by atoms with van der Waals surface area (Å²) in [4.78, 5) is 34.1. The quantitative estimate of drug-likeness (QED) is 0.561. The molecule has 0 spiro atoms. The number of imidazole rings is 1. The van der Waals surface area contributed by atoms with Crippen molar-refractivity contribution in [2.45, 2.75) is 5.92 Å². The third kappa shape index (κ3) is 3.62. The monoisotopic (exact) mass is 410 g/mol. The maximum Gasteiger partial charge on any atom is 0.254 e. The second-order valence-corrected chi connectivity index (χ2v) is 7.30. The van der Waals surface area contributed by atoms with Gasteiger partial charge in [-0.05, 0) is 42.0 Å². The lowest BCUT2D eigenvalue weighted by atomic mass is 9.91. The number of fused-ring (bicyclic) bond motifs is 1. The molecule has 3 aromatic rings. The van der Waals surface area contributed by atoms with Crippen molar-refractivity contribution in [1.82, 2.24) is 14.9 Å². The summed E-state index contributed by atoms with van der Waals surface area (Å²) in [6.45, 7) is 0.760. The fraction of sp³-hybridized carbons (Fsp3) is 0.190. The van der Waals surface area contributed by atoms with Gasteiger partial charge in [0.25, 0.3) is 5.91 Å². The van der Waals surface area contributed by atoms with Crippen LogP contribution in [0.5, 0.6) is 0 Å². The predicted molar refractivity (Wildman–Crippen MR) is 110 cm³/mol. The summed E-state index contributed by atoms with van der Waals surface area (Å²) in [5.41, 5.74) is 8.05. The van der Waals surface area contributed by atoms with Crippen molar-refractivity contribution in [2.75, 3.05) is 19.7 Å². The molecule has 1 aromatic heterocycles. The number of rotatable bonds is 5. The molecule has 8 heteroatoms. The molecule has 2 heterocycles. The first-order valence-corrected chi connectivity index (χ1v) is 9.49. The Bertz CT molecular complexity index is 1130. The number of halogens is 1. The first kappa shape index (κ1) is 19.2. The molecule has 0 fully saturated rings. The number of H-pyrrole nitrogens is 1. The molecule has 2 aromatic carbocycles.